The Kier molecular flexibility index (Phi) is 4.40. The molecule has 1 N–H and O–H groups in total. The molecule has 18 heavy (non-hydrogen) atoms. The summed E-state index contributed by atoms with van der Waals surface area (Å²) in [6, 6.07) is 14.7. The molecule has 94 valence electrons. The van der Waals surface area contributed by atoms with Crippen LogP contribution >= 0.6 is 11.6 Å². The fourth-order valence-electron chi connectivity index (χ4n) is 2.18. The van der Waals surface area contributed by atoms with E-state index in [0.29, 0.717) is 0 Å². The van der Waals surface area contributed by atoms with Gasteiger partial charge in [-0.15, -0.1) is 0 Å². The molecule has 0 aliphatic carbocycles. The third kappa shape index (κ3) is 2.74. The molecule has 0 radical (unpaired) electrons. The molecule has 0 bridgehead atoms. The van der Waals surface area contributed by atoms with E-state index in [1.165, 1.54) is 16.7 Å². The zero-order valence-electron chi connectivity index (χ0n) is 10.8. The molecule has 0 fully saturated rings. The van der Waals surface area contributed by atoms with Crippen LogP contribution in [0.3, 0.4) is 0 Å². The normalized spacial score (nSPS) is 10.6. The molecule has 0 heterocycles. The fraction of sp³-hybridized carbons (Fsp3) is 0.250. The van der Waals surface area contributed by atoms with Gasteiger partial charge in [0.25, 0.3) is 0 Å². The second-order valence-corrected chi connectivity index (χ2v) is 4.76. The number of aryl methyl sites for hydroxylation is 1. The summed E-state index contributed by atoms with van der Waals surface area (Å²) in [5.74, 6) is 0. The van der Waals surface area contributed by atoms with Gasteiger partial charge in [0, 0.05) is 17.1 Å². The van der Waals surface area contributed by atoms with Crippen molar-refractivity contribution in [1.29, 1.82) is 0 Å². The van der Waals surface area contributed by atoms with Crippen LogP contribution in [-0.4, -0.2) is 7.05 Å². The van der Waals surface area contributed by atoms with E-state index in [1.807, 2.05) is 13.1 Å². The van der Waals surface area contributed by atoms with Crippen LogP contribution in [0, 0.1) is 0 Å². The van der Waals surface area contributed by atoms with E-state index in [9.17, 15) is 0 Å². The summed E-state index contributed by atoms with van der Waals surface area (Å²) >= 11 is 6.40. The highest BCUT2D eigenvalue weighted by Gasteiger charge is 2.07. The van der Waals surface area contributed by atoms with Crippen LogP contribution in [0.1, 0.15) is 18.1 Å². The molecule has 0 aliphatic heterocycles. The first-order valence-corrected chi connectivity index (χ1v) is 6.65. The van der Waals surface area contributed by atoms with Crippen molar-refractivity contribution in [2.24, 2.45) is 0 Å². The van der Waals surface area contributed by atoms with Crippen LogP contribution in [0.15, 0.2) is 42.5 Å². The Hall–Kier alpha value is -1.31. The lowest BCUT2D eigenvalue weighted by Crippen LogP contribution is -2.04. The molecule has 1 nitrogen and oxygen atoms in total. The standard InChI is InChI=1S/C16H18ClN/c1-3-13-6-4-5-7-14(13)15-9-8-12(11-18-2)10-16(15)17/h4-10,18H,3,11H2,1-2H3. The minimum Gasteiger partial charge on any atom is -0.316 e. The van der Waals surface area contributed by atoms with Gasteiger partial charge in [0.1, 0.15) is 0 Å². The smallest absolute Gasteiger partial charge is 0.0487 e. The Labute approximate surface area is 114 Å². The second-order valence-electron chi connectivity index (χ2n) is 4.36. The van der Waals surface area contributed by atoms with Crippen molar-refractivity contribution in [3.63, 3.8) is 0 Å². The molecule has 2 rings (SSSR count). The van der Waals surface area contributed by atoms with Gasteiger partial charge < -0.3 is 5.32 Å². The van der Waals surface area contributed by atoms with Crippen molar-refractivity contribution >= 4 is 11.6 Å². The van der Waals surface area contributed by atoms with E-state index in [0.717, 1.165) is 23.6 Å². The first kappa shape index (κ1) is 13.1. The maximum absolute atomic E-state index is 6.40. The van der Waals surface area contributed by atoms with Gasteiger partial charge in [-0.25, -0.2) is 0 Å². The van der Waals surface area contributed by atoms with E-state index in [1.54, 1.807) is 0 Å². The van der Waals surface area contributed by atoms with Crippen molar-refractivity contribution in [2.75, 3.05) is 7.05 Å². The predicted molar refractivity (Wildman–Crippen MR) is 79.0 cm³/mol. The Morgan fingerprint density at radius 3 is 2.50 bits per heavy atom. The van der Waals surface area contributed by atoms with E-state index in [-0.39, 0.29) is 0 Å². The second kappa shape index (κ2) is 6.03. The van der Waals surface area contributed by atoms with Gasteiger partial charge in [0.05, 0.1) is 0 Å². The molecule has 0 atom stereocenters. The van der Waals surface area contributed by atoms with Crippen molar-refractivity contribution in [1.82, 2.24) is 5.32 Å². The van der Waals surface area contributed by atoms with Gasteiger partial charge in [0.15, 0.2) is 0 Å². The Balaban J connectivity index is 2.44. The lowest BCUT2D eigenvalue weighted by Gasteiger charge is -2.11. The zero-order valence-corrected chi connectivity index (χ0v) is 11.6. The van der Waals surface area contributed by atoms with Crippen LogP contribution < -0.4 is 5.32 Å². The summed E-state index contributed by atoms with van der Waals surface area (Å²) in [6.45, 7) is 3.01. The number of hydrogen-bond acceptors (Lipinski definition) is 1. The largest absolute Gasteiger partial charge is 0.316 e. The average molecular weight is 260 g/mol. The molecule has 2 heteroatoms. The Morgan fingerprint density at radius 1 is 1.06 bits per heavy atom. The van der Waals surface area contributed by atoms with Crippen molar-refractivity contribution in [3.05, 3.63) is 58.6 Å². The topological polar surface area (TPSA) is 12.0 Å². The molecule has 0 saturated heterocycles. The van der Waals surface area contributed by atoms with Crippen LogP contribution in [0.2, 0.25) is 5.02 Å². The summed E-state index contributed by atoms with van der Waals surface area (Å²) in [7, 11) is 1.94. The third-order valence-corrected chi connectivity index (χ3v) is 3.42. The number of nitrogens with one attached hydrogen (secondary N) is 1. The van der Waals surface area contributed by atoms with Crippen molar-refractivity contribution in [2.45, 2.75) is 19.9 Å². The monoisotopic (exact) mass is 259 g/mol. The van der Waals surface area contributed by atoms with E-state index in [2.05, 4.69) is 48.6 Å². The van der Waals surface area contributed by atoms with Crippen molar-refractivity contribution in [3.8, 4) is 11.1 Å². The predicted octanol–water partition coefficient (Wildman–Crippen LogP) is 4.29. The van der Waals surface area contributed by atoms with Crippen LogP contribution in [0.5, 0.6) is 0 Å². The summed E-state index contributed by atoms with van der Waals surface area (Å²) in [5.41, 5.74) is 4.90. The summed E-state index contributed by atoms with van der Waals surface area (Å²) < 4.78 is 0. The molecule has 0 saturated carbocycles. The number of benzene rings is 2. The summed E-state index contributed by atoms with van der Waals surface area (Å²) in [6.07, 6.45) is 1.02. The molecular weight excluding hydrogens is 242 g/mol. The fourth-order valence-corrected chi connectivity index (χ4v) is 2.49. The van der Waals surface area contributed by atoms with Gasteiger partial charge >= 0.3 is 0 Å². The number of halogens is 1. The molecule has 2 aromatic rings. The maximum Gasteiger partial charge on any atom is 0.0487 e. The van der Waals surface area contributed by atoms with Gasteiger partial charge in [-0.05, 0) is 36.2 Å². The van der Waals surface area contributed by atoms with Crippen molar-refractivity contribution < 1.29 is 0 Å². The SMILES string of the molecule is CCc1ccccc1-c1ccc(CNC)cc1Cl. The number of rotatable bonds is 4. The molecule has 0 unspecified atom stereocenters. The highest BCUT2D eigenvalue weighted by atomic mass is 35.5. The quantitative estimate of drug-likeness (QED) is 0.864. The maximum atomic E-state index is 6.40. The number of hydrogen-bond donors (Lipinski definition) is 1. The van der Waals surface area contributed by atoms with Crippen LogP contribution in [0.25, 0.3) is 11.1 Å². The summed E-state index contributed by atoms with van der Waals surface area (Å²) in [4.78, 5) is 0. The molecule has 0 aromatic heterocycles. The lowest BCUT2D eigenvalue weighted by atomic mass is 9.97. The van der Waals surface area contributed by atoms with Gasteiger partial charge in [0.2, 0.25) is 0 Å². The first-order chi connectivity index (χ1) is 8.76. The van der Waals surface area contributed by atoms with E-state index in [4.69, 9.17) is 11.6 Å². The van der Waals surface area contributed by atoms with E-state index < -0.39 is 0 Å². The molecule has 0 amide bonds. The Bertz CT molecular complexity index is 534. The van der Waals surface area contributed by atoms with Crippen LogP contribution in [-0.2, 0) is 13.0 Å². The van der Waals surface area contributed by atoms with Crippen LogP contribution in [0.4, 0.5) is 0 Å². The minimum atomic E-state index is 0.823. The third-order valence-electron chi connectivity index (χ3n) is 3.10. The highest BCUT2D eigenvalue weighted by Crippen LogP contribution is 2.31. The highest BCUT2D eigenvalue weighted by molar-refractivity contribution is 6.33. The van der Waals surface area contributed by atoms with Gasteiger partial charge in [-0.2, -0.15) is 0 Å². The summed E-state index contributed by atoms with van der Waals surface area (Å²) in [5, 5.41) is 3.96. The average Bonchev–Trinajstić information content (AvgIpc) is 2.39. The lowest BCUT2D eigenvalue weighted by molar-refractivity contribution is 0.818. The van der Waals surface area contributed by atoms with E-state index >= 15 is 0 Å². The molecule has 0 aliphatic rings. The Morgan fingerprint density at radius 2 is 1.83 bits per heavy atom. The first-order valence-electron chi connectivity index (χ1n) is 6.27. The van der Waals surface area contributed by atoms with Gasteiger partial charge in [-0.1, -0.05) is 54.9 Å². The minimum absolute atomic E-state index is 0.823. The molecular formula is C16H18ClN. The zero-order chi connectivity index (χ0) is 13.0. The van der Waals surface area contributed by atoms with Gasteiger partial charge in [-0.3, -0.25) is 0 Å². The molecule has 2 aromatic carbocycles. The molecule has 0 spiro atoms.